The summed E-state index contributed by atoms with van der Waals surface area (Å²) in [7, 11) is 0. The summed E-state index contributed by atoms with van der Waals surface area (Å²) in [4.78, 5) is 11.3. The fourth-order valence-electron chi connectivity index (χ4n) is 1.30. The lowest BCUT2D eigenvalue weighted by Crippen LogP contribution is -2.34. The maximum atomic E-state index is 11.3. The van der Waals surface area contributed by atoms with Crippen LogP contribution in [-0.2, 0) is 11.3 Å². The van der Waals surface area contributed by atoms with Gasteiger partial charge in [0.05, 0.1) is 0 Å². The lowest BCUT2D eigenvalue weighted by atomic mass is 10.2. The van der Waals surface area contributed by atoms with Crippen molar-refractivity contribution in [1.29, 1.82) is 0 Å². The van der Waals surface area contributed by atoms with Crippen molar-refractivity contribution in [3.05, 3.63) is 35.9 Å². The van der Waals surface area contributed by atoms with Gasteiger partial charge in [0.1, 0.15) is 6.61 Å². The van der Waals surface area contributed by atoms with Gasteiger partial charge in [-0.3, -0.25) is 0 Å². The van der Waals surface area contributed by atoms with Crippen molar-refractivity contribution in [2.24, 2.45) is 0 Å². The molecule has 94 valence electrons. The summed E-state index contributed by atoms with van der Waals surface area (Å²) < 4.78 is 5.06. The molecule has 0 fully saturated rings. The molecule has 0 unspecified atom stereocenters. The van der Waals surface area contributed by atoms with E-state index in [2.05, 4.69) is 24.5 Å². The van der Waals surface area contributed by atoms with E-state index in [1.54, 1.807) is 0 Å². The summed E-state index contributed by atoms with van der Waals surface area (Å²) >= 11 is 0. The van der Waals surface area contributed by atoms with Crippen LogP contribution < -0.4 is 10.6 Å². The standard InChI is InChI=1S/C13H20N2O2/c1-11(2)14-8-9-15-13(16)17-10-12-6-4-3-5-7-12/h3-7,11,14H,8-10H2,1-2H3,(H,15,16). The average Bonchev–Trinajstić information content (AvgIpc) is 2.33. The lowest BCUT2D eigenvalue weighted by Gasteiger charge is -2.09. The smallest absolute Gasteiger partial charge is 0.407 e. The number of amides is 1. The van der Waals surface area contributed by atoms with Crippen LogP contribution in [0.5, 0.6) is 0 Å². The normalized spacial score (nSPS) is 10.3. The highest BCUT2D eigenvalue weighted by Crippen LogP contribution is 2.00. The Labute approximate surface area is 102 Å². The predicted molar refractivity (Wildman–Crippen MR) is 67.8 cm³/mol. The Hall–Kier alpha value is -1.55. The highest BCUT2D eigenvalue weighted by molar-refractivity contribution is 5.67. The van der Waals surface area contributed by atoms with E-state index in [0.29, 0.717) is 19.2 Å². The Kier molecular flexibility index (Phi) is 6.10. The Morgan fingerprint density at radius 3 is 2.59 bits per heavy atom. The topological polar surface area (TPSA) is 50.4 Å². The van der Waals surface area contributed by atoms with E-state index in [1.165, 1.54) is 0 Å². The molecule has 1 aromatic carbocycles. The van der Waals surface area contributed by atoms with Gasteiger partial charge in [-0.2, -0.15) is 0 Å². The van der Waals surface area contributed by atoms with Crippen LogP contribution in [-0.4, -0.2) is 25.2 Å². The molecule has 1 rings (SSSR count). The maximum absolute atomic E-state index is 11.3. The number of hydrogen-bond acceptors (Lipinski definition) is 3. The number of carbonyl (C=O) groups excluding carboxylic acids is 1. The molecule has 0 aromatic heterocycles. The average molecular weight is 236 g/mol. The molecule has 0 saturated heterocycles. The van der Waals surface area contributed by atoms with Gasteiger partial charge in [-0.25, -0.2) is 4.79 Å². The Morgan fingerprint density at radius 1 is 1.24 bits per heavy atom. The van der Waals surface area contributed by atoms with Gasteiger partial charge in [-0.1, -0.05) is 44.2 Å². The summed E-state index contributed by atoms with van der Waals surface area (Å²) in [5, 5.41) is 5.89. The predicted octanol–water partition coefficient (Wildman–Crippen LogP) is 1.91. The molecule has 4 nitrogen and oxygen atoms in total. The third-order valence-electron chi connectivity index (χ3n) is 2.16. The van der Waals surface area contributed by atoms with Crippen molar-refractivity contribution in [2.75, 3.05) is 13.1 Å². The molecule has 2 N–H and O–H groups in total. The Morgan fingerprint density at radius 2 is 1.94 bits per heavy atom. The molecule has 0 aliphatic heterocycles. The van der Waals surface area contributed by atoms with Gasteiger partial charge < -0.3 is 15.4 Å². The van der Waals surface area contributed by atoms with Crippen LogP contribution in [0.2, 0.25) is 0 Å². The Balaban J connectivity index is 2.09. The van der Waals surface area contributed by atoms with Crippen LogP contribution in [0.1, 0.15) is 19.4 Å². The van der Waals surface area contributed by atoms with Crippen LogP contribution in [0.15, 0.2) is 30.3 Å². The van der Waals surface area contributed by atoms with Crippen molar-refractivity contribution in [1.82, 2.24) is 10.6 Å². The van der Waals surface area contributed by atoms with E-state index in [9.17, 15) is 4.79 Å². The zero-order chi connectivity index (χ0) is 12.5. The van der Waals surface area contributed by atoms with Gasteiger partial charge in [-0.05, 0) is 5.56 Å². The van der Waals surface area contributed by atoms with Crippen molar-refractivity contribution in [3.8, 4) is 0 Å². The zero-order valence-corrected chi connectivity index (χ0v) is 10.4. The van der Waals surface area contributed by atoms with Crippen molar-refractivity contribution in [2.45, 2.75) is 26.5 Å². The minimum absolute atomic E-state index is 0.310. The fraction of sp³-hybridized carbons (Fsp3) is 0.462. The molecule has 1 amide bonds. The van der Waals surface area contributed by atoms with Crippen LogP contribution in [0.25, 0.3) is 0 Å². The summed E-state index contributed by atoms with van der Waals surface area (Å²) in [6.45, 7) is 5.76. The number of benzene rings is 1. The van der Waals surface area contributed by atoms with Crippen LogP contribution in [0.4, 0.5) is 4.79 Å². The van der Waals surface area contributed by atoms with Gasteiger partial charge in [-0.15, -0.1) is 0 Å². The van der Waals surface area contributed by atoms with Crippen molar-refractivity contribution < 1.29 is 9.53 Å². The number of hydrogen-bond donors (Lipinski definition) is 2. The molecule has 0 aliphatic rings. The number of rotatable bonds is 6. The van der Waals surface area contributed by atoms with E-state index in [0.717, 1.165) is 12.1 Å². The quantitative estimate of drug-likeness (QED) is 0.742. The summed E-state index contributed by atoms with van der Waals surface area (Å²) in [6, 6.07) is 10.0. The fourth-order valence-corrected chi connectivity index (χ4v) is 1.30. The number of carbonyl (C=O) groups is 1. The highest BCUT2D eigenvalue weighted by atomic mass is 16.5. The molecule has 1 aromatic rings. The van der Waals surface area contributed by atoms with Crippen LogP contribution >= 0.6 is 0 Å². The van der Waals surface area contributed by atoms with Crippen LogP contribution in [0, 0.1) is 0 Å². The molecule has 0 bridgehead atoms. The second kappa shape index (κ2) is 7.68. The van der Waals surface area contributed by atoms with Crippen LogP contribution in [0.3, 0.4) is 0 Å². The van der Waals surface area contributed by atoms with Gasteiger partial charge in [0.2, 0.25) is 0 Å². The van der Waals surface area contributed by atoms with Gasteiger partial charge in [0.25, 0.3) is 0 Å². The summed E-state index contributed by atoms with van der Waals surface area (Å²) in [5.74, 6) is 0. The molecule has 17 heavy (non-hydrogen) atoms. The van der Waals surface area contributed by atoms with E-state index in [-0.39, 0.29) is 6.09 Å². The molecular weight excluding hydrogens is 216 g/mol. The molecule has 0 saturated carbocycles. The highest BCUT2D eigenvalue weighted by Gasteiger charge is 2.01. The molecule has 0 spiro atoms. The first-order valence-electron chi connectivity index (χ1n) is 5.86. The van der Waals surface area contributed by atoms with Gasteiger partial charge in [0, 0.05) is 19.1 Å². The third kappa shape index (κ3) is 6.58. The summed E-state index contributed by atoms with van der Waals surface area (Å²) in [5.41, 5.74) is 0.989. The van der Waals surface area contributed by atoms with E-state index < -0.39 is 0 Å². The molecule has 4 heteroatoms. The second-order valence-electron chi connectivity index (χ2n) is 4.10. The maximum Gasteiger partial charge on any atom is 0.407 e. The van der Waals surface area contributed by atoms with Crippen molar-refractivity contribution in [3.63, 3.8) is 0 Å². The largest absolute Gasteiger partial charge is 0.445 e. The van der Waals surface area contributed by atoms with Gasteiger partial charge >= 0.3 is 6.09 Å². The van der Waals surface area contributed by atoms with E-state index in [1.807, 2.05) is 30.3 Å². The molecular formula is C13H20N2O2. The monoisotopic (exact) mass is 236 g/mol. The number of nitrogens with one attached hydrogen (secondary N) is 2. The summed E-state index contributed by atoms with van der Waals surface area (Å²) in [6.07, 6.45) is -0.376. The SMILES string of the molecule is CC(C)NCCNC(=O)OCc1ccccc1. The minimum Gasteiger partial charge on any atom is -0.445 e. The zero-order valence-electron chi connectivity index (χ0n) is 10.4. The van der Waals surface area contributed by atoms with Crippen molar-refractivity contribution >= 4 is 6.09 Å². The molecule has 0 atom stereocenters. The third-order valence-corrected chi connectivity index (χ3v) is 2.16. The van der Waals surface area contributed by atoms with Gasteiger partial charge in [0.15, 0.2) is 0 Å². The lowest BCUT2D eigenvalue weighted by molar-refractivity contribution is 0.139. The first kappa shape index (κ1) is 13.5. The Bertz CT molecular complexity index is 325. The van der Waals surface area contributed by atoms with E-state index >= 15 is 0 Å². The molecule has 0 heterocycles. The second-order valence-corrected chi connectivity index (χ2v) is 4.10. The number of alkyl carbamates (subject to hydrolysis) is 1. The molecule has 0 aliphatic carbocycles. The molecule has 0 radical (unpaired) electrons. The number of ether oxygens (including phenoxy) is 1. The minimum atomic E-state index is -0.376. The first-order valence-corrected chi connectivity index (χ1v) is 5.86. The van der Waals surface area contributed by atoms with E-state index in [4.69, 9.17) is 4.74 Å². The first-order chi connectivity index (χ1) is 8.18.